The molecule has 4 nitrogen and oxygen atoms in total. The zero-order chi connectivity index (χ0) is 15.4. The fourth-order valence-corrected chi connectivity index (χ4v) is 2.80. The highest BCUT2D eigenvalue weighted by molar-refractivity contribution is 5.79. The van der Waals surface area contributed by atoms with Crippen LogP contribution in [-0.4, -0.2) is 22.0 Å². The predicted octanol–water partition coefficient (Wildman–Crippen LogP) is 2.70. The average molecular weight is 297 g/mol. The normalized spacial score (nSPS) is 14.6. The summed E-state index contributed by atoms with van der Waals surface area (Å²) in [5.41, 5.74) is 2.42. The highest BCUT2D eigenvalue weighted by Gasteiger charge is 2.24. The molecule has 0 bridgehead atoms. The second kappa shape index (κ2) is 6.77. The Kier molecular flexibility index (Phi) is 4.56. The molecule has 2 aromatic rings. The van der Waals surface area contributed by atoms with E-state index in [0.29, 0.717) is 6.54 Å². The van der Waals surface area contributed by atoms with Gasteiger partial charge in [-0.3, -0.25) is 4.79 Å². The minimum Gasteiger partial charge on any atom is -0.355 e. The largest absolute Gasteiger partial charge is 0.355 e. The summed E-state index contributed by atoms with van der Waals surface area (Å²) in [5.74, 6) is 1.50. The van der Waals surface area contributed by atoms with E-state index in [4.69, 9.17) is 0 Å². The van der Waals surface area contributed by atoms with Crippen molar-refractivity contribution in [1.29, 1.82) is 0 Å². The number of nitrogens with zero attached hydrogens (tertiary/aromatic N) is 2. The zero-order valence-electron chi connectivity index (χ0n) is 13.1. The average Bonchev–Trinajstić information content (AvgIpc) is 2.80. The number of hydrogen-bond donors (Lipinski definition) is 1. The lowest BCUT2D eigenvalue weighted by molar-refractivity contribution is -0.127. The lowest BCUT2D eigenvalue weighted by Crippen LogP contribution is -2.35. The predicted molar refractivity (Wildman–Crippen MR) is 86.6 cm³/mol. The molecule has 0 radical (unpaired) electrons. The second-order valence-electron chi connectivity index (χ2n) is 6.06. The van der Waals surface area contributed by atoms with E-state index < -0.39 is 0 Å². The molecule has 1 aliphatic rings. The van der Waals surface area contributed by atoms with Crippen molar-refractivity contribution in [3.05, 3.63) is 53.6 Å². The van der Waals surface area contributed by atoms with E-state index in [1.807, 2.05) is 12.3 Å². The lowest BCUT2D eigenvalue weighted by Gasteiger charge is -2.24. The first kappa shape index (κ1) is 14.8. The van der Waals surface area contributed by atoms with Gasteiger partial charge in [0.2, 0.25) is 5.91 Å². The maximum absolute atomic E-state index is 11.9. The van der Waals surface area contributed by atoms with Crippen LogP contribution in [0, 0.1) is 12.8 Å². The molecule has 0 aliphatic heterocycles. The van der Waals surface area contributed by atoms with E-state index in [-0.39, 0.29) is 11.8 Å². The highest BCUT2D eigenvalue weighted by atomic mass is 16.1. The van der Waals surface area contributed by atoms with Crippen molar-refractivity contribution in [2.75, 3.05) is 6.54 Å². The monoisotopic (exact) mass is 297 g/mol. The molecule has 1 heterocycles. The van der Waals surface area contributed by atoms with E-state index in [0.717, 1.165) is 37.3 Å². The van der Waals surface area contributed by atoms with Gasteiger partial charge in [-0.05, 0) is 25.3 Å². The van der Waals surface area contributed by atoms with Crippen molar-refractivity contribution in [2.45, 2.75) is 39.2 Å². The van der Waals surface area contributed by atoms with Crippen molar-refractivity contribution in [1.82, 2.24) is 14.9 Å². The molecule has 0 spiro atoms. The Labute approximate surface area is 131 Å². The van der Waals surface area contributed by atoms with Crippen LogP contribution in [0.15, 0.2) is 36.5 Å². The third kappa shape index (κ3) is 3.38. The fraction of sp³-hybridized carbons (Fsp3) is 0.444. The van der Waals surface area contributed by atoms with Crippen LogP contribution in [0.25, 0.3) is 0 Å². The summed E-state index contributed by atoms with van der Waals surface area (Å²) in [5, 5.41) is 3.04. The Hall–Kier alpha value is -2.10. The van der Waals surface area contributed by atoms with Gasteiger partial charge in [-0.1, -0.05) is 36.8 Å². The molecule has 3 rings (SSSR count). The molecule has 1 fully saturated rings. The molecule has 116 valence electrons. The van der Waals surface area contributed by atoms with Gasteiger partial charge >= 0.3 is 0 Å². The summed E-state index contributed by atoms with van der Waals surface area (Å²) in [6.45, 7) is 3.57. The molecule has 22 heavy (non-hydrogen) atoms. The molecule has 1 N–H and O–H groups in total. The maximum Gasteiger partial charge on any atom is 0.223 e. The number of carbonyl (C=O) groups excluding carboxylic acids is 1. The quantitative estimate of drug-likeness (QED) is 0.891. The fourth-order valence-electron chi connectivity index (χ4n) is 2.80. The molecule has 1 aliphatic carbocycles. The second-order valence-corrected chi connectivity index (χ2v) is 6.06. The van der Waals surface area contributed by atoms with Crippen LogP contribution in [0.5, 0.6) is 0 Å². The number of benzene rings is 1. The van der Waals surface area contributed by atoms with Gasteiger partial charge in [0.25, 0.3) is 0 Å². The van der Waals surface area contributed by atoms with Gasteiger partial charge in [0, 0.05) is 37.3 Å². The number of amides is 1. The van der Waals surface area contributed by atoms with Crippen LogP contribution < -0.4 is 5.32 Å². The minimum absolute atomic E-state index is 0.212. The molecular formula is C18H23N3O. The number of rotatable bonds is 6. The molecule has 0 saturated heterocycles. The van der Waals surface area contributed by atoms with Crippen LogP contribution in [0.3, 0.4) is 0 Å². The number of nitrogens with one attached hydrogen (secondary N) is 1. The van der Waals surface area contributed by atoms with E-state index in [2.05, 4.69) is 46.1 Å². The Balaban J connectivity index is 1.58. The first-order valence-electron chi connectivity index (χ1n) is 8.06. The van der Waals surface area contributed by atoms with Gasteiger partial charge in [0.1, 0.15) is 5.82 Å². The zero-order valence-corrected chi connectivity index (χ0v) is 13.1. The van der Waals surface area contributed by atoms with Gasteiger partial charge in [0.05, 0.1) is 0 Å². The first-order valence-corrected chi connectivity index (χ1v) is 8.06. The van der Waals surface area contributed by atoms with E-state index in [1.54, 1.807) is 0 Å². The molecule has 0 unspecified atom stereocenters. The van der Waals surface area contributed by atoms with Crippen molar-refractivity contribution in [2.24, 2.45) is 5.92 Å². The summed E-state index contributed by atoms with van der Waals surface area (Å²) in [6, 6.07) is 10.4. The van der Waals surface area contributed by atoms with Crippen LogP contribution >= 0.6 is 0 Å². The Morgan fingerprint density at radius 2 is 2.09 bits per heavy atom. The molecular weight excluding hydrogens is 274 g/mol. The number of carbonyl (C=O) groups is 1. The third-order valence-corrected chi connectivity index (χ3v) is 4.45. The molecule has 0 atom stereocenters. The summed E-state index contributed by atoms with van der Waals surface area (Å²) in [4.78, 5) is 16.4. The first-order chi connectivity index (χ1) is 10.7. The van der Waals surface area contributed by atoms with E-state index in [9.17, 15) is 4.79 Å². The summed E-state index contributed by atoms with van der Waals surface area (Å²) in [6.07, 6.45) is 5.98. The van der Waals surface area contributed by atoms with Crippen molar-refractivity contribution in [3.63, 3.8) is 0 Å². The van der Waals surface area contributed by atoms with Gasteiger partial charge in [-0.2, -0.15) is 0 Å². The molecule has 4 heteroatoms. The molecule has 1 amide bonds. The number of aryl methyl sites for hydroxylation is 1. The molecule has 1 aromatic carbocycles. The van der Waals surface area contributed by atoms with Crippen molar-refractivity contribution < 1.29 is 4.79 Å². The van der Waals surface area contributed by atoms with Gasteiger partial charge in [-0.15, -0.1) is 0 Å². The number of hydrogen-bond acceptors (Lipinski definition) is 2. The SMILES string of the molecule is Cc1cnc(CCNC(=O)C2CCC2)n1Cc1ccccc1. The van der Waals surface area contributed by atoms with Crippen LogP contribution in [0.4, 0.5) is 0 Å². The van der Waals surface area contributed by atoms with Gasteiger partial charge in [0.15, 0.2) is 0 Å². The van der Waals surface area contributed by atoms with Gasteiger partial charge < -0.3 is 9.88 Å². The highest BCUT2D eigenvalue weighted by Crippen LogP contribution is 2.26. The van der Waals surface area contributed by atoms with Crippen molar-refractivity contribution >= 4 is 5.91 Å². The maximum atomic E-state index is 11.9. The molecule has 1 aromatic heterocycles. The minimum atomic E-state index is 0.212. The standard InChI is InChI=1S/C18H23N3O/c1-14-12-20-17(10-11-19-18(22)16-8-5-9-16)21(14)13-15-6-3-2-4-7-15/h2-4,6-7,12,16H,5,8-11,13H2,1H3,(H,19,22). The summed E-state index contributed by atoms with van der Waals surface area (Å²) >= 11 is 0. The Morgan fingerprint density at radius 3 is 2.77 bits per heavy atom. The van der Waals surface area contributed by atoms with E-state index in [1.165, 1.54) is 12.0 Å². The Bertz CT molecular complexity index is 629. The van der Waals surface area contributed by atoms with Crippen LogP contribution in [0.1, 0.15) is 36.3 Å². The Morgan fingerprint density at radius 1 is 1.32 bits per heavy atom. The number of aromatic nitrogens is 2. The smallest absolute Gasteiger partial charge is 0.223 e. The third-order valence-electron chi connectivity index (χ3n) is 4.45. The van der Waals surface area contributed by atoms with Crippen LogP contribution in [0.2, 0.25) is 0 Å². The summed E-state index contributed by atoms with van der Waals surface area (Å²) < 4.78 is 2.23. The number of imidazole rings is 1. The van der Waals surface area contributed by atoms with Gasteiger partial charge in [-0.25, -0.2) is 4.98 Å². The van der Waals surface area contributed by atoms with Crippen molar-refractivity contribution in [3.8, 4) is 0 Å². The topological polar surface area (TPSA) is 46.9 Å². The van der Waals surface area contributed by atoms with E-state index >= 15 is 0 Å². The van der Waals surface area contributed by atoms with Crippen LogP contribution in [-0.2, 0) is 17.8 Å². The lowest BCUT2D eigenvalue weighted by atomic mass is 9.85. The molecule has 1 saturated carbocycles. The summed E-state index contributed by atoms with van der Waals surface area (Å²) in [7, 11) is 0.